The summed E-state index contributed by atoms with van der Waals surface area (Å²) in [7, 11) is 0. The Hall–Kier alpha value is -0.610. The zero-order valence-electron chi connectivity index (χ0n) is 9.37. The summed E-state index contributed by atoms with van der Waals surface area (Å²) < 4.78 is 0. The molecule has 0 aromatic carbocycles. The van der Waals surface area contributed by atoms with E-state index in [-0.39, 0.29) is 18.2 Å². The van der Waals surface area contributed by atoms with Gasteiger partial charge in [0, 0.05) is 17.9 Å². The molecule has 0 saturated carbocycles. The molecule has 14 heavy (non-hydrogen) atoms. The summed E-state index contributed by atoms with van der Waals surface area (Å²) in [5, 5.41) is 20.4. The highest BCUT2D eigenvalue weighted by atomic mass is 16.5. The molecule has 1 unspecified atom stereocenters. The molecule has 0 saturated heterocycles. The Kier molecular flexibility index (Phi) is 5.08. The van der Waals surface area contributed by atoms with Gasteiger partial charge in [-0.1, -0.05) is 13.8 Å². The Bertz CT molecular complexity index is 190. The van der Waals surface area contributed by atoms with Crippen molar-refractivity contribution in [2.75, 3.05) is 0 Å². The van der Waals surface area contributed by atoms with Gasteiger partial charge in [-0.15, -0.1) is 0 Å². The second-order valence-electron chi connectivity index (χ2n) is 4.37. The summed E-state index contributed by atoms with van der Waals surface area (Å²) in [6.07, 6.45) is -0.471. The van der Waals surface area contributed by atoms with Gasteiger partial charge in [-0.3, -0.25) is 4.79 Å². The Balaban J connectivity index is 4.14. The number of hydrogen-bond acceptors (Lipinski definition) is 3. The highest BCUT2D eigenvalue weighted by Crippen LogP contribution is 2.12. The lowest BCUT2D eigenvalue weighted by Crippen LogP contribution is -2.47. The van der Waals surface area contributed by atoms with Crippen molar-refractivity contribution in [3.8, 4) is 0 Å². The van der Waals surface area contributed by atoms with Crippen molar-refractivity contribution in [1.82, 2.24) is 5.32 Å². The summed E-state index contributed by atoms with van der Waals surface area (Å²) >= 11 is 0. The van der Waals surface area contributed by atoms with Gasteiger partial charge in [-0.05, 0) is 20.3 Å². The zero-order valence-corrected chi connectivity index (χ0v) is 9.37. The van der Waals surface area contributed by atoms with E-state index in [0.717, 1.165) is 6.42 Å². The Morgan fingerprint density at radius 2 is 1.93 bits per heavy atom. The van der Waals surface area contributed by atoms with Crippen LogP contribution in [0.1, 0.15) is 40.5 Å². The molecule has 1 atom stereocenters. The van der Waals surface area contributed by atoms with Crippen molar-refractivity contribution in [2.45, 2.75) is 52.4 Å². The molecule has 0 aliphatic rings. The van der Waals surface area contributed by atoms with Gasteiger partial charge >= 0.3 is 0 Å². The van der Waals surface area contributed by atoms with Crippen LogP contribution in [0.2, 0.25) is 0 Å². The molecule has 3 N–H and O–H groups in total. The fourth-order valence-corrected chi connectivity index (χ4v) is 1.15. The maximum absolute atomic E-state index is 11.5. The van der Waals surface area contributed by atoms with Crippen LogP contribution in [0.4, 0.5) is 0 Å². The molecule has 84 valence electrons. The molecule has 0 rings (SSSR count). The van der Waals surface area contributed by atoms with Gasteiger partial charge in [0.2, 0.25) is 5.91 Å². The maximum atomic E-state index is 11.5. The van der Waals surface area contributed by atoms with E-state index in [2.05, 4.69) is 5.32 Å². The number of aliphatic hydroxyl groups excluding tert-OH is 1. The number of nitrogens with one attached hydrogen (secondary N) is 1. The number of amides is 1. The molecule has 0 aromatic heterocycles. The van der Waals surface area contributed by atoms with E-state index in [9.17, 15) is 4.79 Å². The highest BCUT2D eigenvalue weighted by Gasteiger charge is 2.24. The minimum Gasteiger partial charge on any atom is -0.368 e. The van der Waals surface area contributed by atoms with Crippen LogP contribution in [0.25, 0.3) is 0 Å². The van der Waals surface area contributed by atoms with Crippen LogP contribution < -0.4 is 5.32 Å². The lowest BCUT2D eigenvalue weighted by molar-refractivity contribution is -0.127. The van der Waals surface area contributed by atoms with Crippen molar-refractivity contribution < 1.29 is 15.0 Å². The third kappa shape index (κ3) is 5.19. The minimum atomic E-state index is -1.39. The van der Waals surface area contributed by atoms with Gasteiger partial charge in [0.05, 0.1) is 0 Å². The van der Waals surface area contributed by atoms with Crippen LogP contribution in [0, 0.1) is 5.92 Å². The third-order valence-corrected chi connectivity index (χ3v) is 2.21. The zero-order chi connectivity index (χ0) is 11.4. The van der Waals surface area contributed by atoms with Gasteiger partial charge in [-0.2, -0.15) is 0 Å². The van der Waals surface area contributed by atoms with E-state index < -0.39 is 11.8 Å². The average Bonchev–Trinajstić information content (AvgIpc) is 1.99. The average molecular weight is 203 g/mol. The van der Waals surface area contributed by atoms with Crippen LogP contribution in [-0.4, -0.2) is 27.9 Å². The second kappa shape index (κ2) is 5.32. The smallest absolute Gasteiger partial charge is 0.223 e. The number of hydrogen-bond donors (Lipinski definition) is 3. The topological polar surface area (TPSA) is 69.6 Å². The number of carbonyl (C=O) groups excluding carboxylic acids is 1. The monoisotopic (exact) mass is 203 g/mol. The molecular formula is C10H21NO3. The SMILES string of the molecule is CCC(C)C(=O)NC(C)(C)CC(O)O. The van der Waals surface area contributed by atoms with E-state index in [4.69, 9.17) is 10.2 Å². The summed E-state index contributed by atoms with van der Waals surface area (Å²) in [5.41, 5.74) is -0.575. The molecule has 1 amide bonds. The molecule has 0 aliphatic carbocycles. The molecule has 4 nitrogen and oxygen atoms in total. The largest absolute Gasteiger partial charge is 0.368 e. The Morgan fingerprint density at radius 1 is 1.43 bits per heavy atom. The van der Waals surface area contributed by atoms with Crippen molar-refractivity contribution in [2.24, 2.45) is 5.92 Å². The first kappa shape index (κ1) is 13.4. The predicted molar refractivity (Wildman–Crippen MR) is 54.5 cm³/mol. The molecule has 0 aromatic rings. The van der Waals surface area contributed by atoms with Crippen LogP contribution in [0.15, 0.2) is 0 Å². The van der Waals surface area contributed by atoms with E-state index in [0.29, 0.717) is 0 Å². The van der Waals surface area contributed by atoms with Crippen molar-refractivity contribution in [3.05, 3.63) is 0 Å². The number of aliphatic hydroxyl groups is 2. The normalized spacial score (nSPS) is 14.2. The van der Waals surface area contributed by atoms with Crippen LogP contribution in [0.5, 0.6) is 0 Å². The first-order valence-electron chi connectivity index (χ1n) is 4.96. The van der Waals surface area contributed by atoms with E-state index in [1.807, 2.05) is 13.8 Å². The van der Waals surface area contributed by atoms with Gasteiger partial charge < -0.3 is 15.5 Å². The molecule has 0 fully saturated rings. The first-order chi connectivity index (χ1) is 6.28. The summed E-state index contributed by atoms with van der Waals surface area (Å²) in [6.45, 7) is 7.33. The fraction of sp³-hybridized carbons (Fsp3) is 0.900. The van der Waals surface area contributed by atoms with Crippen LogP contribution in [-0.2, 0) is 4.79 Å². The van der Waals surface area contributed by atoms with Gasteiger partial charge in [0.1, 0.15) is 0 Å². The number of rotatable bonds is 5. The molecule has 0 bridgehead atoms. The standard InChI is InChI=1S/C10H21NO3/c1-5-7(2)9(14)11-10(3,4)6-8(12)13/h7-8,12-13H,5-6H2,1-4H3,(H,11,14). The van der Waals surface area contributed by atoms with E-state index >= 15 is 0 Å². The van der Waals surface area contributed by atoms with E-state index in [1.54, 1.807) is 13.8 Å². The third-order valence-electron chi connectivity index (χ3n) is 2.21. The Labute approximate surface area is 85.3 Å². The minimum absolute atomic E-state index is 0.0369. The lowest BCUT2D eigenvalue weighted by atomic mass is 9.98. The molecule has 4 heteroatoms. The molecule has 0 spiro atoms. The van der Waals surface area contributed by atoms with Crippen molar-refractivity contribution in [3.63, 3.8) is 0 Å². The van der Waals surface area contributed by atoms with Gasteiger partial charge in [0.25, 0.3) is 0 Å². The highest BCUT2D eigenvalue weighted by molar-refractivity contribution is 5.78. The molecular weight excluding hydrogens is 182 g/mol. The number of carbonyl (C=O) groups is 1. The van der Waals surface area contributed by atoms with Crippen molar-refractivity contribution >= 4 is 5.91 Å². The maximum Gasteiger partial charge on any atom is 0.223 e. The first-order valence-corrected chi connectivity index (χ1v) is 4.96. The van der Waals surface area contributed by atoms with E-state index in [1.165, 1.54) is 0 Å². The fourth-order valence-electron chi connectivity index (χ4n) is 1.15. The van der Waals surface area contributed by atoms with Crippen LogP contribution >= 0.6 is 0 Å². The molecule has 0 aliphatic heterocycles. The van der Waals surface area contributed by atoms with Gasteiger partial charge in [0.15, 0.2) is 6.29 Å². The quantitative estimate of drug-likeness (QED) is 0.574. The predicted octanol–water partition coefficient (Wildman–Crippen LogP) is 0.628. The van der Waals surface area contributed by atoms with Gasteiger partial charge in [-0.25, -0.2) is 0 Å². The van der Waals surface area contributed by atoms with Crippen molar-refractivity contribution in [1.29, 1.82) is 0 Å². The lowest BCUT2D eigenvalue weighted by Gasteiger charge is -2.28. The Morgan fingerprint density at radius 3 is 2.29 bits per heavy atom. The second-order valence-corrected chi connectivity index (χ2v) is 4.37. The summed E-state index contributed by atoms with van der Waals surface area (Å²) in [6, 6.07) is 0. The summed E-state index contributed by atoms with van der Waals surface area (Å²) in [4.78, 5) is 11.5. The summed E-state index contributed by atoms with van der Waals surface area (Å²) in [5.74, 6) is -0.0803. The molecule has 0 radical (unpaired) electrons. The molecule has 0 heterocycles. The van der Waals surface area contributed by atoms with Crippen LogP contribution in [0.3, 0.4) is 0 Å².